The van der Waals surface area contributed by atoms with Crippen LogP contribution in [0.15, 0.2) is 0 Å². The zero-order valence-corrected chi connectivity index (χ0v) is 9.35. The summed E-state index contributed by atoms with van der Waals surface area (Å²) in [5.41, 5.74) is 0. The molecule has 6 heteroatoms. The second-order valence-corrected chi connectivity index (χ2v) is 4.43. The summed E-state index contributed by atoms with van der Waals surface area (Å²) in [5, 5.41) is 12.3. The predicted octanol–water partition coefficient (Wildman–Crippen LogP) is -1.99. The summed E-state index contributed by atoms with van der Waals surface area (Å²) < 4.78 is 0. The van der Waals surface area contributed by atoms with Gasteiger partial charge in [-0.2, -0.15) is 0 Å². The quantitative estimate of drug-likeness (QED) is 0.544. The molecule has 0 aromatic heterocycles. The van der Waals surface area contributed by atoms with Gasteiger partial charge in [0.15, 0.2) is 0 Å². The summed E-state index contributed by atoms with van der Waals surface area (Å²) in [5.74, 6) is -0.101. The van der Waals surface area contributed by atoms with Gasteiger partial charge in [0, 0.05) is 26.7 Å². The number of piperazine rings is 1. The number of likely N-dealkylation sites (N-methyl/N-ethyl adjacent to an activating group) is 1. The number of β-amino-alcohol motifs (C(OH)–C–C–N with tert-alkyl or cyclic N) is 1. The van der Waals surface area contributed by atoms with Crippen LogP contribution in [-0.4, -0.2) is 72.1 Å². The zero-order valence-electron chi connectivity index (χ0n) is 9.35. The summed E-state index contributed by atoms with van der Waals surface area (Å²) in [4.78, 5) is 26.6. The van der Waals surface area contributed by atoms with Gasteiger partial charge in [-0.15, -0.1) is 0 Å². The molecule has 0 spiro atoms. The zero-order chi connectivity index (χ0) is 11.7. The number of amides is 2. The van der Waals surface area contributed by atoms with E-state index in [-0.39, 0.29) is 24.4 Å². The number of aliphatic hydroxyl groups excluding tert-OH is 1. The highest BCUT2D eigenvalue weighted by atomic mass is 16.3. The predicted molar refractivity (Wildman–Crippen MR) is 56.6 cm³/mol. The van der Waals surface area contributed by atoms with E-state index in [1.165, 1.54) is 0 Å². The van der Waals surface area contributed by atoms with E-state index in [9.17, 15) is 14.7 Å². The van der Waals surface area contributed by atoms with Crippen LogP contribution in [-0.2, 0) is 9.59 Å². The molecule has 2 rings (SSSR count). The lowest BCUT2D eigenvalue weighted by atomic mass is 10.1. The summed E-state index contributed by atoms with van der Waals surface area (Å²) in [6.45, 7) is 1.77. The van der Waals surface area contributed by atoms with Crippen LogP contribution in [0, 0.1) is 0 Å². The highest BCUT2D eigenvalue weighted by molar-refractivity contribution is 5.88. The lowest BCUT2D eigenvalue weighted by Crippen LogP contribution is -2.54. The number of hydrogen-bond acceptors (Lipinski definition) is 4. The van der Waals surface area contributed by atoms with Gasteiger partial charge >= 0.3 is 0 Å². The van der Waals surface area contributed by atoms with E-state index in [0.717, 1.165) is 0 Å². The van der Waals surface area contributed by atoms with Crippen molar-refractivity contribution >= 4 is 11.8 Å². The second kappa shape index (κ2) is 4.39. The molecule has 0 bridgehead atoms. The van der Waals surface area contributed by atoms with Crippen LogP contribution in [0.3, 0.4) is 0 Å². The van der Waals surface area contributed by atoms with Crippen molar-refractivity contribution in [3.05, 3.63) is 0 Å². The fraction of sp³-hybridized carbons (Fsp3) is 0.800. The first kappa shape index (κ1) is 11.3. The Morgan fingerprint density at radius 2 is 2.25 bits per heavy atom. The summed E-state index contributed by atoms with van der Waals surface area (Å²) in [6, 6.07) is -0.328. The third-order valence-electron chi connectivity index (χ3n) is 3.17. The van der Waals surface area contributed by atoms with Crippen LogP contribution < -0.4 is 5.32 Å². The van der Waals surface area contributed by atoms with Gasteiger partial charge in [-0.1, -0.05) is 0 Å². The van der Waals surface area contributed by atoms with E-state index in [4.69, 9.17) is 0 Å². The Labute approximate surface area is 94.2 Å². The molecule has 6 nitrogen and oxygen atoms in total. The van der Waals surface area contributed by atoms with Crippen LogP contribution in [0.2, 0.25) is 0 Å². The van der Waals surface area contributed by atoms with Gasteiger partial charge in [0.2, 0.25) is 11.8 Å². The minimum absolute atomic E-state index is 0.0295. The van der Waals surface area contributed by atoms with Crippen LogP contribution in [0.4, 0.5) is 0 Å². The van der Waals surface area contributed by atoms with Crippen molar-refractivity contribution in [3.63, 3.8) is 0 Å². The highest BCUT2D eigenvalue weighted by Gasteiger charge is 2.33. The number of hydrogen-bond donors (Lipinski definition) is 2. The smallest absolute Gasteiger partial charge is 0.241 e. The van der Waals surface area contributed by atoms with Crippen molar-refractivity contribution in [2.45, 2.75) is 18.6 Å². The van der Waals surface area contributed by atoms with Crippen molar-refractivity contribution in [3.8, 4) is 0 Å². The molecular formula is C10H17N3O3. The second-order valence-electron chi connectivity index (χ2n) is 4.43. The Hall–Kier alpha value is -1.14. The third kappa shape index (κ3) is 2.17. The molecular weight excluding hydrogens is 210 g/mol. The van der Waals surface area contributed by atoms with Crippen molar-refractivity contribution in [2.24, 2.45) is 0 Å². The van der Waals surface area contributed by atoms with Gasteiger partial charge in [0.1, 0.15) is 0 Å². The van der Waals surface area contributed by atoms with E-state index in [1.807, 2.05) is 0 Å². The molecule has 0 aliphatic carbocycles. The standard InChI is InChI=1S/C10H17N3O3/c1-12-2-3-13(6-9(12)15)10(16)8-4-7(14)5-11-8/h7-8,11,14H,2-6H2,1H3. The van der Waals surface area contributed by atoms with E-state index < -0.39 is 6.10 Å². The van der Waals surface area contributed by atoms with Crippen molar-refractivity contribution in [2.75, 3.05) is 33.2 Å². The molecule has 2 N–H and O–H groups in total. The molecule has 0 saturated carbocycles. The number of aliphatic hydroxyl groups is 1. The van der Waals surface area contributed by atoms with E-state index in [0.29, 0.717) is 26.1 Å². The van der Waals surface area contributed by atoms with Gasteiger partial charge in [-0.05, 0) is 6.42 Å². The van der Waals surface area contributed by atoms with Gasteiger partial charge < -0.3 is 20.2 Å². The molecule has 16 heavy (non-hydrogen) atoms. The Balaban J connectivity index is 1.93. The number of rotatable bonds is 1. The van der Waals surface area contributed by atoms with Gasteiger partial charge in [0.05, 0.1) is 18.7 Å². The molecule has 2 aliphatic heterocycles. The number of carbonyl (C=O) groups excluding carboxylic acids is 2. The largest absolute Gasteiger partial charge is 0.392 e. The highest BCUT2D eigenvalue weighted by Crippen LogP contribution is 2.11. The maximum atomic E-state index is 12.0. The minimum Gasteiger partial charge on any atom is -0.392 e. The topological polar surface area (TPSA) is 72.9 Å². The average Bonchev–Trinajstić information content (AvgIpc) is 2.68. The maximum absolute atomic E-state index is 12.0. The van der Waals surface area contributed by atoms with E-state index in [1.54, 1.807) is 16.8 Å². The summed E-state index contributed by atoms with van der Waals surface area (Å²) in [6.07, 6.45) is -0.00330. The van der Waals surface area contributed by atoms with E-state index in [2.05, 4.69) is 5.32 Å². The maximum Gasteiger partial charge on any atom is 0.241 e. The summed E-state index contributed by atoms with van der Waals surface area (Å²) >= 11 is 0. The van der Waals surface area contributed by atoms with Crippen molar-refractivity contribution in [1.29, 1.82) is 0 Å². The Morgan fingerprint density at radius 3 is 2.81 bits per heavy atom. The van der Waals surface area contributed by atoms with Gasteiger partial charge in [0.25, 0.3) is 0 Å². The Morgan fingerprint density at radius 1 is 1.50 bits per heavy atom. The molecule has 90 valence electrons. The first-order valence-corrected chi connectivity index (χ1v) is 5.52. The summed E-state index contributed by atoms with van der Waals surface area (Å²) in [7, 11) is 1.74. The van der Waals surface area contributed by atoms with Crippen molar-refractivity contribution in [1.82, 2.24) is 15.1 Å². The number of carbonyl (C=O) groups is 2. The fourth-order valence-electron chi connectivity index (χ4n) is 2.07. The Kier molecular flexibility index (Phi) is 3.11. The van der Waals surface area contributed by atoms with Gasteiger partial charge in [-0.25, -0.2) is 0 Å². The SMILES string of the molecule is CN1CCN(C(=O)C2CC(O)CN2)CC1=O. The molecule has 2 aliphatic rings. The molecule has 2 saturated heterocycles. The molecule has 2 fully saturated rings. The lowest BCUT2D eigenvalue weighted by molar-refractivity contribution is -0.145. The van der Waals surface area contributed by atoms with Crippen molar-refractivity contribution < 1.29 is 14.7 Å². The minimum atomic E-state index is -0.447. The molecule has 2 atom stereocenters. The Bertz CT molecular complexity index is 308. The van der Waals surface area contributed by atoms with Crippen LogP contribution in [0.5, 0.6) is 0 Å². The normalized spacial score (nSPS) is 31.0. The molecule has 2 unspecified atom stereocenters. The van der Waals surface area contributed by atoms with Crippen LogP contribution in [0.25, 0.3) is 0 Å². The first-order chi connectivity index (χ1) is 7.58. The van der Waals surface area contributed by atoms with Crippen LogP contribution in [0.1, 0.15) is 6.42 Å². The molecule has 0 radical (unpaired) electrons. The molecule has 0 aromatic carbocycles. The van der Waals surface area contributed by atoms with E-state index >= 15 is 0 Å². The molecule has 2 heterocycles. The molecule has 2 amide bonds. The van der Waals surface area contributed by atoms with Crippen LogP contribution >= 0.6 is 0 Å². The first-order valence-electron chi connectivity index (χ1n) is 5.52. The average molecular weight is 227 g/mol. The fourth-order valence-corrected chi connectivity index (χ4v) is 2.07. The number of nitrogens with one attached hydrogen (secondary N) is 1. The monoisotopic (exact) mass is 227 g/mol. The lowest BCUT2D eigenvalue weighted by Gasteiger charge is -2.33. The van der Waals surface area contributed by atoms with Gasteiger partial charge in [-0.3, -0.25) is 9.59 Å². The molecule has 0 aromatic rings. The number of nitrogens with zero attached hydrogens (tertiary/aromatic N) is 2. The third-order valence-corrected chi connectivity index (χ3v) is 3.17.